The average Bonchev–Trinajstić information content (AvgIpc) is 2.55. The third kappa shape index (κ3) is 24.2. The van der Waals surface area contributed by atoms with E-state index in [2.05, 4.69) is 25.5 Å². The quantitative estimate of drug-likeness (QED) is 0.174. The van der Waals surface area contributed by atoms with Crippen molar-refractivity contribution in [3.05, 3.63) is 0 Å². The number of urea groups is 1. The molecule has 0 aromatic carbocycles. The molecule has 2 amide bonds. The minimum atomic E-state index is -0.602. The van der Waals surface area contributed by atoms with E-state index in [1.807, 2.05) is 0 Å². The Morgan fingerprint density at radius 2 is 0.818 bits per heavy atom. The molecule has 5 nitrogen and oxygen atoms in total. The minimum Gasteiger partial charge on any atom is -0.275 e. The van der Waals surface area contributed by atoms with Crippen LogP contribution < -0.4 is 22.5 Å². The smallest absolute Gasteiger partial charge is 0.275 e. The lowest BCUT2D eigenvalue weighted by atomic mass is 10.0. The number of carbonyl (C=O) groups is 1. The topological polar surface area (TPSA) is 93.2 Å². The van der Waals surface area contributed by atoms with Crippen LogP contribution in [0.3, 0.4) is 0 Å². The Morgan fingerprint density at radius 3 is 0.955 bits per heavy atom. The van der Waals surface area contributed by atoms with Crippen molar-refractivity contribution in [1.82, 2.24) is 10.9 Å². The van der Waals surface area contributed by atoms with Crippen molar-refractivity contribution in [2.24, 2.45) is 11.7 Å². The first-order valence-electron chi connectivity index (χ1n) is 9.20. The molecule has 5 heteroatoms. The highest BCUT2D eigenvalue weighted by Gasteiger charge is 1.92. The summed E-state index contributed by atoms with van der Waals surface area (Å²) in [7, 11) is 0. The number of amides is 2. The predicted octanol–water partition coefficient (Wildman–Crippen LogP) is 4.52. The maximum atomic E-state index is 9.71. The molecule has 0 radical (unpaired) electrons. The molecule has 0 aromatic heterocycles. The third-order valence-electron chi connectivity index (χ3n) is 3.72. The fraction of sp³-hybridized carbons (Fsp3) is 0.941. The summed E-state index contributed by atoms with van der Waals surface area (Å²) in [6.07, 6.45) is 20.4. The van der Waals surface area contributed by atoms with Gasteiger partial charge in [-0.3, -0.25) is 10.9 Å². The number of hydrogen-bond acceptors (Lipinski definition) is 3. The van der Waals surface area contributed by atoms with Crippen molar-refractivity contribution in [3.8, 4) is 0 Å². The Balaban J connectivity index is 0. The van der Waals surface area contributed by atoms with Gasteiger partial charge < -0.3 is 0 Å². The van der Waals surface area contributed by atoms with E-state index in [0.29, 0.717) is 0 Å². The molecule has 0 aliphatic heterocycles. The van der Waals surface area contributed by atoms with E-state index in [0.717, 1.165) is 0 Å². The Kier molecular flexibility index (Phi) is 24.0. The maximum Gasteiger partial charge on any atom is 0.343 e. The van der Waals surface area contributed by atoms with Gasteiger partial charge in [0.25, 0.3) is 0 Å². The van der Waals surface area contributed by atoms with Crippen LogP contribution >= 0.6 is 0 Å². The van der Waals surface area contributed by atoms with Crippen LogP contribution in [0.25, 0.3) is 0 Å². The lowest BCUT2D eigenvalue weighted by Gasteiger charge is -2.02. The largest absolute Gasteiger partial charge is 0.343 e. The molecule has 0 atom stereocenters. The van der Waals surface area contributed by atoms with Gasteiger partial charge in [-0.15, -0.1) is 0 Å². The highest BCUT2D eigenvalue weighted by atomic mass is 16.2. The van der Waals surface area contributed by atoms with Gasteiger partial charge in [0.15, 0.2) is 0 Å². The molecule has 6 N–H and O–H groups in total. The standard InChI is InChI=1S/C16H34.CH6N4O/c1-3-5-7-9-11-13-15-16-14-12-10-8-6-4-2;2-4-1(6)5-3/h3-16H2,1-2H3;2-3H2,(H2,4,5,6). The van der Waals surface area contributed by atoms with Gasteiger partial charge in [0, 0.05) is 0 Å². The number of unbranched alkanes of at least 4 members (excludes halogenated alkanes) is 13. The van der Waals surface area contributed by atoms with E-state index < -0.39 is 6.03 Å². The Labute approximate surface area is 137 Å². The van der Waals surface area contributed by atoms with Crippen LogP contribution in [-0.4, -0.2) is 6.03 Å². The first kappa shape index (κ1) is 23.5. The molecule has 0 aliphatic rings. The second-order valence-electron chi connectivity index (χ2n) is 5.86. The molecular formula is C17H40N4O. The summed E-state index contributed by atoms with van der Waals surface area (Å²) in [5.74, 6) is 9.08. The zero-order valence-electron chi connectivity index (χ0n) is 15.0. The molecular weight excluding hydrogens is 276 g/mol. The van der Waals surface area contributed by atoms with Gasteiger partial charge in [-0.05, 0) is 0 Å². The van der Waals surface area contributed by atoms with Crippen molar-refractivity contribution < 1.29 is 4.79 Å². The van der Waals surface area contributed by atoms with Crippen LogP contribution in [0.15, 0.2) is 0 Å². The molecule has 0 aliphatic carbocycles. The number of nitrogens with two attached hydrogens (primary N) is 2. The highest BCUT2D eigenvalue weighted by Crippen LogP contribution is 2.12. The average molecular weight is 317 g/mol. The molecule has 22 heavy (non-hydrogen) atoms. The van der Waals surface area contributed by atoms with Crippen LogP contribution in [0.2, 0.25) is 0 Å². The molecule has 134 valence electrons. The summed E-state index contributed by atoms with van der Waals surface area (Å²) in [4.78, 5) is 9.71. The van der Waals surface area contributed by atoms with E-state index >= 15 is 0 Å². The van der Waals surface area contributed by atoms with Crippen LogP contribution in [0.4, 0.5) is 4.79 Å². The number of hydrazine groups is 2. The van der Waals surface area contributed by atoms with Crippen LogP contribution in [0, 0.1) is 0 Å². The third-order valence-corrected chi connectivity index (χ3v) is 3.72. The van der Waals surface area contributed by atoms with E-state index in [-0.39, 0.29) is 0 Å². The summed E-state index contributed by atoms with van der Waals surface area (Å²) >= 11 is 0. The first-order chi connectivity index (χ1) is 10.7. The van der Waals surface area contributed by atoms with Gasteiger partial charge in [0.2, 0.25) is 0 Å². The molecule has 0 aromatic rings. The van der Waals surface area contributed by atoms with Crippen molar-refractivity contribution in [1.29, 1.82) is 0 Å². The number of hydrogen-bond donors (Lipinski definition) is 4. The molecule has 0 saturated heterocycles. The second kappa shape index (κ2) is 22.5. The molecule has 0 rings (SSSR count). The van der Waals surface area contributed by atoms with Crippen molar-refractivity contribution in [2.75, 3.05) is 0 Å². The summed E-state index contributed by atoms with van der Waals surface area (Å²) < 4.78 is 0. The summed E-state index contributed by atoms with van der Waals surface area (Å²) in [5, 5.41) is 0. The second-order valence-corrected chi connectivity index (χ2v) is 5.86. The van der Waals surface area contributed by atoms with Crippen molar-refractivity contribution >= 4 is 6.03 Å². The SMILES string of the molecule is CCCCCCCCCCCCCCCC.NNC(=O)NN. The van der Waals surface area contributed by atoms with E-state index in [1.54, 1.807) is 10.9 Å². The van der Waals surface area contributed by atoms with Crippen LogP contribution in [-0.2, 0) is 0 Å². The predicted molar refractivity (Wildman–Crippen MR) is 96.0 cm³/mol. The summed E-state index contributed by atoms with van der Waals surface area (Å²) in [6, 6.07) is -0.602. The molecule has 0 saturated carbocycles. The Hall–Kier alpha value is -0.810. The first-order valence-corrected chi connectivity index (χ1v) is 9.20. The summed E-state index contributed by atoms with van der Waals surface area (Å²) in [6.45, 7) is 4.58. The zero-order chi connectivity index (χ0) is 16.9. The van der Waals surface area contributed by atoms with Gasteiger partial charge in [-0.1, -0.05) is 104 Å². The molecule has 0 spiro atoms. The molecule has 0 fully saturated rings. The molecule has 0 unspecified atom stereocenters. The van der Waals surface area contributed by atoms with Gasteiger partial charge >= 0.3 is 6.03 Å². The van der Waals surface area contributed by atoms with Crippen molar-refractivity contribution in [2.45, 2.75) is 104 Å². The number of rotatable bonds is 13. The van der Waals surface area contributed by atoms with Gasteiger partial charge in [-0.25, -0.2) is 16.5 Å². The highest BCUT2D eigenvalue weighted by molar-refractivity contribution is 5.72. The van der Waals surface area contributed by atoms with Gasteiger partial charge in [0.05, 0.1) is 0 Å². The lowest BCUT2D eigenvalue weighted by Crippen LogP contribution is -2.43. The van der Waals surface area contributed by atoms with Gasteiger partial charge in [-0.2, -0.15) is 0 Å². The van der Waals surface area contributed by atoms with E-state index in [9.17, 15) is 4.79 Å². The molecule has 0 bridgehead atoms. The van der Waals surface area contributed by atoms with Crippen LogP contribution in [0.5, 0.6) is 0 Å². The Bertz CT molecular complexity index is 193. The van der Waals surface area contributed by atoms with E-state index in [4.69, 9.17) is 0 Å². The summed E-state index contributed by atoms with van der Waals surface area (Å²) in [5.41, 5.74) is 3.48. The fourth-order valence-corrected chi connectivity index (χ4v) is 2.31. The number of carbonyl (C=O) groups excluding carboxylic acids is 1. The fourth-order valence-electron chi connectivity index (χ4n) is 2.31. The Morgan fingerprint density at radius 1 is 0.591 bits per heavy atom. The van der Waals surface area contributed by atoms with Crippen LogP contribution in [0.1, 0.15) is 104 Å². The minimum absolute atomic E-state index is 0.602. The lowest BCUT2D eigenvalue weighted by molar-refractivity contribution is 0.241. The van der Waals surface area contributed by atoms with Crippen molar-refractivity contribution in [3.63, 3.8) is 0 Å². The van der Waals surface area contributed by atoms with Gasteiger partial charge in [0.1, 0.15) is 0 Å². The van der Waals surface area contributed by atoms with E-state index in [1.165, 1.54) is 89.9 Å². The monoisotopic (exact) mass is 316 g/mol. The zero-order valence-corrected chi connectivity index (χ0v) is 15.0. The maximum absolute atomic E-state index is 9.71. The number of nitrogens with one attached hydrogen (secondary N) is 2. The normalized spacial score (nSPS) is 9.82. The molecule has 0 heterocycles.